The van der Waals surface area contributed by atoms with E-state index in [1.54, 1.807) is 6.20 Å². The zero-order chi connectivity index (χ0) is 20.9. The van der Waals surface area contributed by atoms with Gasteiger partial charge in [0, 0.05) is 50.1 Å². The molecule has 8 heteroatoms. The SMILES string of the molecule is Cc1c(Cl)cccc1-n1ccnc1SCC(=O)N1CCC(CN2CCOCC2)CC1. The summed E-state index contributed by atoms with van der Waals surface area (Å²) in [4.78, 5) is 21.7. The molecule has 0 atom stereocenters. The highest BCUT2D eigenvalue weighted by molar-refractivity contribution is 7.99. The van der Waals surface area contributed by atoms with Crippen LogP contribution in [-0.4, -0.2) is 76.9 Å². The monoisotopic (exact) mass is 448 g/mol. The molecule has 30 heavy (non-hydrogen) atoms. The van der Waals surface area contributed by atoms with Crippen molar-refractivity contribution in [1.29, 1.82) is 0 Å². The average molecular weight is 449 g/mol. The lowest BCUT2D eigenvalue weighted by atomic mass is 9.96. The topological polar surface area (TPSA) is 50.6 Å². The van der Waals surface area contributed by atoms with Crippen LogP contribution in [0, 0.1) is 12.8 Å². The van der Waals surface area contributed by atoms with Crippen LogP contribution in [0.5, 0.6) is 0 Å². The zero-order valence-corrected chi connectivity index (χ0v) is 19.0. The van der Waals surface area contributed by atoms with Crippen molar-refractivity contribution >= 4 is 29.3 Å². The summed E-state index contributed by atoms with van der Waals surface area (Å²) in [6, 6.07) is 5.84. The molecule has 0 radical (unpaired) electrons. The van der Waals surface area contributed by atoms with E-state index in [9.17, 15) is 4.79 Å². The van der Waals surface area contributed by atoms with Gasteiger partial charge in [-0.05, 0) is 43.4 Å². The Kier molecular flexibility index (Phi) is 7.36. The molecule has 1 aromatic heterocycles. The number of aromatic nitrogens is 2. The lowest BCUT2D eigenvalue weighted by Crippen LogP contribution is -2.44. The van der Waals surface area contributed by atoms with Crippen LogP contribution in [0.25, 0.3) is 5.69 Å². The molecule has 4 rings (SSSR count). The predicted octanol–water partition coefficient (Wildman–Crippen LogP) is 3.50. The second kappa shape index (κ2) is 10.2. The Labute approximate surface area is 187 Å². The van der Waals surface area contributed by atoms with E-state index in [0.29, 0.717) is 11.7 Å². The second-order valence-corrected chi connectivity index (χ2v) is 9.34. The number of ether oxygens (including phenoxy) is 1. The Morgan fingerprint density at radius 2 is 2.00 bits per heavy atom. The highest BCUT2D eigenvalue weighted by atomic mass is 35.5. The summed E-state index contributed by atoms with van der Waals surface area (Å²) in [5.41, 5.74) is 2.01. The van der Waals surface area contributed by atoms with E-state index >= 15 is 0 Å². The van der Waals surface area contributed by atoms with Crippen molar-refractivity contribution < 1.29 is 9.53 Å². The van der Waals surface area contributed by atoms with E-state index in [1.807, 2.05) is 40.8 Å². The number of hydrogen-bond acceptors (Lipinski definition) is 5. The van der Waals surface area contributed by atoms with Gasteiger partial charge in [0.1, 0.15) is 0 Å². The van der Waals surface area contributed by atoms with Gasteiger partial charge in [0.25, 0.3) is 0 Å². The van der Waals surface area contributed by atoms with Gasteiger partial charge in [-0.15, -0.1) is 0 Å². The summed E-state index contributed by atoms with van der Waals surface area (Å²) < 4.78 is 7.44. The Hall–Kier alpha value is -1.54. The van der Waals surface area contributed by atoms with E-state index in [1.165, 1.54) is 11.8 Å². The number of piperidine rings is 1. The van der Waals surface area contributed by atoms with Gasteiger partial charge in [0.05, 0.1) is 24.7 Å². The van der Waals surface area contributed by atoms with Crippen molar-refractivity contribution in [2.75, 3.05) is 51.7 Å². The summed E-state index contributed by atoms with van der Waals surface area (Å²) in [6.07, 6.45) is 5.86. The maximum absolute atomic E-state index is 12.8. The lowest BCUT2D eigenvalue weighted by Gasteiger charge is -2.36. The molecule has 6 nitrogen and oxygen atoms in total. The van der Waals surface area contributed by atoms with Gasteiger partial charge in [0.2, 0.25) is 5.91 Å². The Balaban J connectivity index is 1.28. The minimum absolute atomic E-state index is 0.196. The number of rotatable bonds is 6. The highest BCUT2D eigenvalue weighted by Gasteiger charge is 2.25. The quantitative estimate of drug-likeness (QED) is 0.633. The highest BCUT2D eigenvalue weighted by Crippen LogP contribution is 2.27. The van der Waals surface area contributed by atoms with Crippen molar-refractivity contribution in [2.24, 2.45) is 5.92 Å². The summed E-state index contributed by atoms with van der Waals surface area (Å²) in [6.45, 7) is 8.61. The molecule has 0 spiro atoms. The number of benzene rings is 1. The molecule has 1 amide bonds. The third-order valence-corrected chi connectivity index (χ3v) is 7.38. The number of thioether (sulfide) groups is 1. The molecule has 0 bridgehead atoms. The van der Waals surface area contributed by atoms with Crippen LogP contribution < -0.4 is 0 Å². The number of likely N-dealkylation sites (tertiary alicyclic amines) is 1. The van der Waals surface area contributed by atoms with Gasteiger partial charge in [0.15, 0.2) is 5.16 Å². The number of imidazole rings is 1. The van der Waals surface area contributed by atoms with E-state index in [-0.39, 0.29) is 5.91 Å². The predicted molar refractivity (Wildman–Crippen MR) is 121 cm³/mol. The van der Waals surface area contributed by atoms with Crippen LogP contribution in [0.1, 0.15) is 18.4 Å². The molecule has 2 saturated heterocycles. The Morgan fingerprint density at radius 1 is 1.23 bits per heavy atom. The van der Waals surface area contributed by atoms with E-state index in [4.69, 9.17) is 16.3 Å². The summed E-state index contributed by atoms with van der Waals surface area (Å²) in [5.74, 6) is 1.29. The molecular weight excluding hydrogens is 420 g/mol. The van der Waals surface area contributed by atoms with Crippen LogP contribution >= 0.6 is 23.4 Å². The van der Waals surface area contributed by atoms with E-state index in [0.717, 1.165) is 80.2 Å². The standard InChI is InChI=1S/C22H29ClN4O2S/c1-17-19(23)3-2-4-20(17)27-10-7-24-22(27)30-16-21(28)26-8-5-18(6-9-26)15-25-11-13-29-14-12-25/h2-4,7,10,18H,5-6,8-9,11-16H2,1H3. The smallest absolute Gasteiger partial charge is 0.233 e. The molecule has 0 saturated carbocycles. The summed E-state index contributed by atoms with van der Waals surface area (Å²) in [7, 11) is 0. The third kappa shape index (κ3) is 5.19. The second-order valence-electron chi connectivity index (χ2n) is 7.99. The average Bonchev–Trinajstić information content (AvgIpc) is 3.23. The number of morpholine rings is 1. The van der Waals surface area contributed by atoms with Crippen molar-refractivity contribution in [2.45, 2.75) is 24.9 Å². The van der Waals surface area contributed by atoms with Crippen molar-refractivity contribution in [3.63, 3.8) is 0 Å². The first-order chi connectivity index (χ1) is 14.6. The van der Waals surface area contributed by atoms with Gasteiger partial charge in [-0.3, -0.25) is 14.3 Å². The van der Waals surface area contributed by atoms with Crippen molar-refractivity contribution in [1.82, 2.24) is 19.4 Å². The maximum atomic E-state index is 12.8. The number of carbonyl (C=O) groups excluding carboxylic acids is 1. The van der Waals surface area contributed by atoms with Crippen molar-refractivity contribution in [3.05, 3.63) is 41.2 Å². The molecule has 1 aromatic carbocycles. The fourth-order valence-corrected chi connectivity index (χ4v) is 5.21. The van der Waals surface area contributed by atoms with Crippen LogP contribution in [0.3, 0.4) is 0 Å². The van der Waals surface area contributed by atoms with Crippen LogP contribution in [0.15, 0.2) is 35.7 Å². The number of nitrogens with zero attached hydrogens (tertiary/aromatic N) is 4. The Bertz CT molecular complexity index is 861. The molecule has 162 valence electrons. The molecule has 2 aliphatic rings. The minimum atomic E-state index is 0.196. The normalized spacial score (nSPS) is 18.7. The fourth-order valence-electron chi connectivity index (χ4n) is 4.17. The Morgan fingerprint density at radius 3 is 2.77 bits per heavy atom. The lowest BCUT2D eigenvalue weighted by molar-refractivity contribution is -0.129. The molecule has 0 N–H and O–H groups in total. The first-order valence-corrected chi connectivity index (χ1v) is 12.0. The summed E-state index contributed by atoms with van der Waals surface area (Å²) >= 11 is 7.76. The van der Waals surface area contributed by atoms with E-state index in [2.05, 4.69) is 9.88 Å². The molecule has 0 unspecified atom stereocenters. The molecule has 3 heterocycles. The van der Waals surface area contributed by atoms with Crippen LogP contribution in [-0.2, 0) is 9.53 Å². The number of hydrogen-bond donors (Lipinski definition) is 0. The molecule has 2 aliphatic heterocycles. The fraction of sp³-hybridized carbons (Fsp3) is 0.545. The minimum Gasteiger partial charge on any atom is -0.379 e. The largest absolute Gasteiger partial charge is 0.379 e. The molecule has 2 aromatic rings. The first-order valence-electron chi connectivity index (χ1n) is 10.6. The van der Waals surface area contributed by atoms with Gasteiger partial charge in [-0.25, -0.2) is 4.98 Å². The first kappa shape index (κ1) is 21.7. The van der Waals surface area contributed by atoms with Gasteiger partial charge < -0.3 is 9.64 Å². The molecular formula is C22H29ClN4O2S. The van der Waals surface area contributed by atoms with Gasteiger partial charge in [-0.1, -0.05) is 29.4 Å². The van der Waals surface area contributed by atoms with E-state index < -0.39 is 0 Å². The zero-order valence-electron chi connectivity index (χ0n) is 17.4. The van der Waals surface area contributed by atoms with Crippen LogP contribution in [0.2, 0.25) is 5.02 Å². The number of amides is 1. The van der Waals surface area contributed by atoms with Crippen LogP contribution in [0.4, 0.5) is 0 Å². The maximum Gasteiger partial charge on any atom is 0.233 e. The molecule has 0 aliphatic carbocycles. The third-order valence-electron chi connectivity index (χ3n) is 6.02. The van der Waals surface area contributed by atoms with Gasteiger partial charge >= 0.3 is 0 Å². The van der Waals surface area contributed by atoms with Crippen molar-refractivity contribution in [3.8, 4) is 5.69 Å². The number of halogens is 1. The van der Waals surface area contributed by atoms with Gasteiger partial charge in [-0.2, -0.15) is 0 Å². The molecule has 2 fully saturated rings. The summed E-state index contributed by atoms with van der Waals surface area (Å²) in [5, 5.41) is 1.55. The number of carbonyl (C=O) groups is 1.